The average molecular weight is 323 g/mol. The van der Waals surface area contributed by atoms with Gasteiger partial charge in [-0.1, -0.05) is 13.8 Å². The SMILES string of the molecule is COc1cc(F)c(NCC(=O)N[C@@](C)(C#N)C(C)C)cc1OC. The Labute approximate surface area is 135 Å². The van der Waals surface area contributed by atoms with Crippen molar-refractivity contribution >= 4 is 11.6 Å². The van der Waals surface area contributed by atoms with Crippen molar-refractivity contribution in [2.45, 2.75) is 26.3 Å². The first kappa shape index (κ1) is 18.6. The molecule has 1 amide bonds. The topological polar surface area (TPSA) is 83.4 Å². The largest absolute Gasteiger partial charge is 0.493 e. The fourth-order valence-electron chi connectivity index (χ4n) is 1.80. The van der Waals surface area contributed by atoms with Gasteiger partial charge in [-0.2, -0.15) is 5.26 Å². The molecule has 2 N–H and O–H groups in total. The van der Waals surface area contributed by atoms with Gasteiger partial charge in [0.25, 0.3) is 0 Å². The molecule has 0 unspecified atom stereocenters. The second-order valence-electron chi connectivity index (χ2n) is 5.56. The highest BCUT2D eigenvalue weighted by Gasteiger charge is 2.29. The lowest BCUT2D eigenvalue weighted by molar-refractivity contribution is -0.121. The first-order valence-electron chi connectivity index (χ1n) is 7.15. The van der Waals surface area contributed by atoms with Gasteiger partial charge in [-0.3, -0.25) is 4.79 Å². The van der Waals surface area contributed by atoms with E-state index in [1.165, 1.54) is 26.4 Å². The van der Waals surface area contributed by atoms with Crippen LogP contribution in [0.25, 0.3) is 0 Å². The van der Waals surface area contributed by atoms with Crippen molar-refractivity contribution in [2.75, 3.05) is 26.1 Å². The highest BCUT2D eigenvalue weighted by atomic mass is 19.1. The number of hydrogen-bond donors (Lipinski definition) is 2. The molecule has 0 aliphatic heterocycles. The Morgan fingerprint density at radius 1 is 1.35 bits per heavy atom. The Hall–Kier alpha value is -2.49. The Kier molecular flexibility index (Phi) is 6.19. The van der Waals surface area contributed by atoms with Crippen molar-refractivity contribution in [1.82, 2.24) is 5.32 Å². The van der Waals surface area contributed by atoms with Crippen molar-refractivity contribution in [2.24, 2.45) is 5.92 Å². The summed E-state index contributed by atoms with van der Waals surface area (Å²) in [5.74, 6) is -0.425. The molecule has 0 radical (unpaired) electrons. The second-order valence-corrected chi connectivity index (χ2v) is 5.56. The van der Waals surface area contributed by atoms with Gasteiger partial charge in [0.1, 0.15) is 11.4 Å². The van der Waals surface area contributed by atoms with Crippen molar-refractivity contribution in [3.05, 3.63) is 17.9 Å². The average Bonchev–Trinajstić information content (AvgIpc) is 2.52. The standard InChI is InChI=1S/C16H22FN3O3/c1-10(2)16(3,9-18)20-15(21)8-19-12-7-14(23-5)13(22-4)6-11(12)17/h6-7,10,19H,8H2,1-5H3,(H,20,21)/t16-/m0/s1. The Bertz CT molecular complexity index is 613. The van der Waals surface area contributed by atoms with Crippen LogP contribution in [0.2, 0.25) is 0 Å². The molecular weight excluding hydrogens is 301 g/mol. The van der Waals surface area contributed by atoms with Crippen molar-refractivity contribution in [3.8, 4) is 17.6 Å². The van der Waals surface area contributed by atoms with Gasteiger partial charge in [-0.05, 0) is 12.8 Å². The number of hydrogen-bond acceptors (Lipinski definition) is 5. The number of nitrogens with one attached hydrogen (secondary N) is 2. The summed E-state index contributed by atoms with van der Waals surface area (Å²) in [7, 11) is 2.85. The van der Waals surface area contributed by atoms with Crippen LogP contribution in [-0.2, 0) is 4.79 Å². The number of nitrogens with zero attached hydrogens (tertiary/aromatic N) is 1. The highest BCUT2D eigenvalue weighted by molar-refractivity contribution is 5.82. The van der Waals surface area contributed by atoms with E-state index in [-0.39, 0.29) is 23.9 Å². The van der Waals surface area contributed by atoms with Crippen LogP contribution in [0.4, 0.5) is 10.1 Å². The fraction of sp³-hybridized carbons (Fsp3) is 0.500. The van der Waals surface area contributed by atoms with E-state index in [1.807, 2.05) is 13.8 Å². The highest BCUT2D eigenvalue weighted by Crippen LogP contribution is 2.32. The molecule has 0 aliphatic rings. The molecule has 0 bridgehead atoms. The molecule has 0 heterocycles. The third kappa shape index (κ3) is 4.49. The Morgan fingerprint density at radius 3 is 2.39 bits per heavy atom. The van der Waals surface area contributed by atoms with Gasteiger partial charge in [0, 0.05) is 12.1 Å². The molecule has 1 rings (SSSR count). The molecule has 1 aromatic carbocycles. The van der Waals surface area contributed by atoms with Gasteiger partial charge in [0.2, 0.25) is 5.91 Å². The molecule has 6 nitrogen and oxygen atoms in total. The zero-order valence-electron chi connectivity index (χ0n) is 14.0. The third-order valence-corrected chi connectivity index (χ3v) is 3.70. The van der Waals surface area contributed by atoms with Gasteiger partial charge in [-0.15, -0.1) is 0 Å². The molecule has 7 heteroatoms. The van der Waals surface area contributed by atoms with Crippen LogP contribution in [0.3, 0.4) is 0 Å². The van der Waals surface area contributed by atoms with E-state index in [1.54, 1.807) is 6.92 Å². The summed E-state index contributed by atoms with van der Waals surface area (Å²) in [5, 5.41) is 14.5. The second kappa shape index (κ2) is 7.68. The van der Waals surface area contributed by atoms with Crippen LogP contribution in [0.5, 0.6) is 11.5 Å². The molecule has 0 aromatic heterocycles. The summed E-state index contributed by atoms with van der Waals surface area (Å²) >= 11 is 0. The fourth-order valence-corrected chi connectivity index (χ4v) is 1.80. The number of benzene rings is 1. The number of methoxy groups -OCH3 is 2. The first-order chi connectivity index (χ1) is 10.8. The number of carbonyl (C=O) groups excluding carboxylic acids is 1. The maximum Gasteiger partial charge on any atom is 0.240 e. The zero-order chi connectivity index (χ0) is 17.6. The van der Waals surface area contributed by atoms with E-state index >= 15 is 0 Å². The van der Waals surface area contributed by atoms with E-state index < -0.39 is 17.3 Å². The Morgan fingerprint density at radius 2 is 1.91 bits per heavy atom. The summed E-state index contributed by atoms with van der Waals surface area (Å²) in [5.41, 5.74) is -0.865. The predicted molar refractivity (Wildman–Crippen MR) is 85.0 cm³/mol. The predicted octanol–water partition coefficient (Wildman–Crippen LogP) is 2.31. The van der Waals surface area contributed by atoms with Crippen molar-refractivity contribution < 1.29 is 18.7 Å². The van der Waals surface area contributed by atoms with E-state index in [4.69, 9.17) is 9.47 Å². The molecule has 0 saturated carbocycles. The maximum absolute atomic E-state index is 14.0. The van der Waals surface area contributed by atoms with E-state index in [0.29, 0.717) is 5.75 Å². The number of anilines is 1. The van der Waals surface area contributed by atoms with Crippen LogP contribution in [0.1, 0.15) is 20.8 Å². The quantitative estimate of drug-likeness (QED) is 0.804. The molecule has 0 spiro atoms. The Balaban J connectivity index is 2.79. The molecule has 0 aliphatic carbocycles. The van der Waals surface area contributed by atoms with Gasteiger partial charge in [0.15, 0.2) is 11.5 Å². The van der Waals surface area contributed by atoms with Crippen LogP contribution >= 0.6 is 0 Å². The van der Waals surface area contributed by atoms with Gasteiger partial charge >= 0.3 is 0 Å². The monoisotopic (exact) mass is 323 g/mol. The minimum atomic E-state index is -0.977. The molecule has 1 atom stereocenters. The van der Waals surface area contributed by atoms with Crippen LogP contribution < -0.4 is 20.1 Å². The summed E-state index contributed by atoms with van der Waals surface area (Å²) in [4.78, 5) is 12.0. The third-order valence-electron chi connectivity index (χ3n) is 3.70. The lowest BCUT2D eigenvalue weighted by atomic mass is 9.90. The van der Waals surface area contributed by atoms with E-state index in [9.17, 15) is 14.4 Å². The number of amides is 1. The first-order valence-corrected chi connectivity index (χ1v) is 7.15. The van der Waals surface area contributed by atoms with Gasteiger partial charge in [-0.25, -0.2) is 4.39 Å². The smallest absolute Gasteiger partial charge is 0.240 e. The van der Waals surface area contributed by atoms with Crippen molar-refractivity contribution in [1.29, 1.82) is 5.26 Å². The number of nitriles is 1. The van der Waals surface area contributed by atoms with Gasteiger partial charge in [0.05, 0.1) is 32.5 Å². The number of ether oxygens (including phenoxy) is 2. The number of halogens is 1. The molecule has 1 aromatic rings. The van der Waals surface area contributed by atoms with E-state index in [2.05, 4.69) is 16.7 Å². The van der Waals surface area contributed by atoms with Crippen LogP contribution in [0, 0.1) is 23.1 Å². The minimum absolute atomic E-state index is 0.0609. The van der Waals surface area contributed by atoms with Crippen LogP contribution in [-0.4, -0.2) is 32.2 Å². The molecule has 0 saturated heterocycles. The van der Waals surface area contributed by atoms with Crippen LogP contribution in [0.15, 0.2) is 12.1 Å². The summed E-state index contributed by atoms with van der Waals surface area (Å²) < 4.78 is 24.0. The molecule has 126 valence electrons. The minimum Gasteiger partial charge on any atom is -0.493 e. The van der Waals surface area contributed by atoms with E-state index in [0.717, 1.165) is 0 Å². The normalized spacial score (nSPS) is 13.0. The summed E-state index contributed by atoms with van der Waals surface area (Å²) in [6, 6.07) is 4.66. The lowest BCUT2D eigenvalue weighted by Gasteiger charge is -2.27. The summed E-state index contributed by atoms with van der Waals surface area (Å²) in [6.45, 7) is 5.15. The maximum atomic E-state index is 14.0. The summed E-state index contributed by atoms with van der Waals surface area (Å²) in [6.07, 6.45) is 0. The van der Waals surface area contributed by atoms with Crippen molar-refractivity contribution in [3.63, 3.8) is 0 Å². The number of carbonyl (C=O) groups is 1. The molecular formula is C16H22FN3O3. The lowest BCUT2D eigenvalue weighted by Crippen LogP contribution is -2.50. The zero-order valence-corrected chi connectivity index (χ0v) is 14.0. The number of rotatable bonds is 7. The van der Waals surface area contributed by atoms with Gasteiger partial charge < -0.3 is 20.1 Å². The molecule has 0 fully saturated rings. The molecule has 23 heavy (non-hydrogen) atoms.